The fourth-order valence-electron chi connectivity index (χ4n) is 2.19. The first kappa shape index (κ1) is 18.0. The van der Waals surface area contributed by atoms with E-state index in [9.17, 15) is 9.59 Å². The Bertz CT molecular complexity index is 721. The van der Waals surface area contributed by atoms with E-state index in [1.165, 1.54) is 0 Å². The van der Waals surface area contributed by atoms with Crippen molar-refractivity contribution in [3.8, 4) is 0 Å². The number of esters is 1. The first-order valence-corrected chi connectivity index (χ1v) is 8.07. The molecule has 0 heterocycles. The summed E-state index contributed by atoms with van der Waals surface area (Å²) in [5, 5.41) is 3.50. The van der Waals surface area contributed by atoms with Gasteiger partial charge in [-0.25, -0.2) is 4.79 Å². The molecule has 0 saturated carbocycles. The van der Waals surface area contributed by atoms with E-state index in [4.69, 9.17) is 16.3 Å². The largest absolute Gasteiger partial charge is 0.462 e. The second-order valence-corrected chi connectivity index (χ2v) is 6.32. The lowest BCUT2D eigenvalue weighted by molar-refractivity contribution is -0.120. The number of amides is 1. The molecule has 0 aliphatic rings. The normalized spacial score (nSPS) is 11.0. The van der Waals surface area contributed by atoms with Crippen LogP contribution in [0.4, 0.5) is 5.69 Å². The summed E-state index contributed by atoms with van der Waals surface area (Å²) < 4.78 is 4.93. The number of rotatable bonds is 5. The Kier molecular flexibility index (Phi) is 5.62. The Morgan fingerprint density at radius 2 is 1.62 bits per heavy atom. The summed E-state index contributed by atoms with van der Waals surface area (Å²) in [6.07, 6.45) is 0. The molecule has 0 fully saturated rings. The van der Waals surface area contributed by atoms with Crippen molar-refractivity contribution in [1.29, 1.82) is 0 Å². The van der Waals surface area contributed by atoms with E-state index < -0.39 is 5.41 Å². The van der Waals surface area contributed by atoms with Gasteiger partial charge in [0.2, 0.25) is 5.91 Å². The third-order valence-electron chi connectivity index (χ3n) is 3.79. The van der Waals surface area contributed by atoms with Gasteiger partial charge in [-0.1, -0.05) is 23.7 Å². The van der Waals surface area contributed by atoms with Crippen LogP contribution in [0.15, 0.2) is 48.5 Å². The lowest BCUT2D eigenvalue weighted by atomic mass is 9.83. The second-order valence-electron chi connectivity index (χ2n) is 5.88. The Labute approximate surface area is 146 Å². The summed E-state index contributed by atoms with van der Waals surface area (Å²) in [5.41, 5.74) is 1.22. The predicted molar refractivity (Wildman–Crippen MR) is 95.5 cm³/mol. The minimum atomic E-state index is -0.718. The molecule has 126 valence electrons. The first-order chi connectivity index (χ1) is 11.3. The van der Waals surface area contributed by atoms with Crippen LogP contribution in [0.1, 0.15) is 36.7 Å². The molecule has 4 nitrogen and oxygen atoms in total. The van der Waals surface area contributed by atoms with Crippen LogP contribution in [-0.4, -0.2) is 18.5 Å². The number of nitrogens with one attached hydrogen (secondary N) is 1. The number of carbonyl (C=O) groups is 2. The first-order valence-electron chi connectivity index (χ1n) is 7.69. The number of halogens is 1. The highest BCUT2D eigenvalue weighted by Crippen LogP contribution is 2.26. The van der Waals surface area contributed by atoms with Gasteiger partial charge in [-0.05, 0) is 62.7 Å². The van der Waals surface area contributed by atoms with Crippen molar-refractivity contribution in [1.82, 2.24) is 0 Å². The lowest BCUT2D eigenvalue weighted by Crippen LogP contribution is -2.34. The Morgan fingerprint density at radius 1 is 1.04 bits per heavy atom. The maximum Gasteiger partial charge on any atom is 0.338 e. The molecule has 1 amide bonds. The van der Waals surface area contributed by atoms with E-state index in [0.29, 0.717) is 22.9 Å². The summed E-state index contributed by atoms with van der Waals surface area (Å²) in [7, 11) is 0. The van der Waals surface area contributed by atoms with E-state index >= 15 is 0 Å². The van der Waals surface area contributed by atoms with Crippen LogP contribution in [-0.2, 0) is 14.9 Å². The predicted octanol–water partition coefficient (Wildman–Crippen LogP) is 4.43. The molecule has 0 atom stereocenters. The van der Waals surface area contributed by atoms with Gasteiger partial charge in [0.1, 0.15) is 0 Å². The number of ether oxygens (including phenoxy) is 1. The monoisotopic (exact) mass is 345 g/mol. The van der Waals surface area contributed by atoms with Gasteiger partial charge in [-0.15, -0.1) is 0 Å². The Morgan fingerprint density at radius 3 is 2.17 bits per heavy atom. The standard InChI is InChI=1S/C19H20ClNO3/c1-4-24-17(22)13-5-11-16(12-6-13)21-18(23)19(2,3)14-7-9-15(20)10-8-14/h5-12H,4H2,1-3H3,(H,21,23). The molecular weight excluding hydrogens is 326 g/mol. The van der Waals surface area contributed by atoms with Crippen molar-refractivity contribution in [3.63, 3.8) is 0 Å². The zero-order chi connectivity index (χ0) is 17.7. The molecule has 0 radical (unpaired) electrons. The van der Waals surface area contributed by atoms with Crippen molar-refractivity contribution in [2.24, 2.45) is 0 Å². The summed E-state index contributed by atoms with van der Waals surface area (Å²) in [6.45, 7) is 5.77. The quantitative estimate of drug-likeness (QED) is 0.815. The lowest BCUT2D eigenvalue weighted by Gasteiger charge is -2.24. The van der Waals surface area contributed by atoms with Crippen molar-refractivity contribution >= 4 is 29.2 Å². The smallest absolute Gasteiger partial charge is 0.338 e. The van der Waals surface area contributed by atoms with Gasteiger partial charge in [0.25, 0.3) is 0 Å². The van der Waals surface area contributed by atoms with Gasteiger partial charge in [-0.3, -0.25) is 4.79 Å². The van der Waals surface area contributed by atoms with E-state index in [-0.39, 0.29) is 11.9 Å². The third kappa shape index (κ3) is 4.15. The maximum atomic E-state index is 12.6. The number of hydrogen-bond acceptors (Lipinski definition) is 3. The van der Waals surface area contributed by atoms with E-state index in [2.05, 4.69) is 5.32 Å². The molecule has 2 aromatic rings. The maximum absolute atomic E-state index is 12.6. The van der Waals surface area contributed by atoms with Crippen LogP contribution in [0.25, 0.3) is 0 Å². The van der Waals surface area contributed by atoms with Gasteiger partial charge in [0.15, 0.2) is 0 Å². The van der Waals surface area contributed by atoms with E-state index in [1.807, 2.05) is 26.0 Å². The highest BCUT2D eigenvalue weighted by atomic mass is 35.5. The van der Waals surface area contributed by atoms with Crippen LogP contribution < -0.4 is 5.32 Å². The molecule has 0 unspecified atom stereocenters. The fourth-order valence-corrected chi connectivity index (χ4v) is 2.32. The molecule has 0 bridgehead atoms. The molecule has 2 rings (SSSR count). The highest BCUT2D eigenvalue weighted by molar-refractivity contribution is 6.30. The summed E-state index contributed by atoms with van der Waals surface area (Å²) in [4.78, 5) is 24.2. The van der Waals surface area contributed by atoms with Crippen LogP contribution in [0, 0.1) is 0 Å². The minimum absolute atomic E-state index is 0.145. The number of anilines is 1. The second kappa shape index (κ2) is 7.49. The fraction of sp³-hybridized carbons (Fsp3) is 0.263. The van der Waals surface area contributed by atoms with Crippen molar-refractivity contribution in [3.05, 3.63) is 64.7 Å². The van der Waals surface area contributed by atoms with Crippen molar-refractivity contribution < 1.29 is 14.3 Å². The molecular formula is C19H20ClNO3. The number of carbonyl (C=O) groups excluding carboxylic acids is 2. The highest BCUT2D eigenvalue weighted by Gasteiger charge is 2.29. The zero-order valence-corrected chi connectivity index (χ0v) is 14.7. The minimum Gasteiger partial charge on any atom is -0.462 e. The molecule has 0 aliphatic heterocycles. The number of hydrogen-bond donors (Lipinski definition) is 1. The Hall–Kier alpha value is -2.33. The third-order valence-corrected chi connectivity index (χ3v) is 4.04. The molecule has 5 heteroatoms. The Balaban J connectivity index is 2.11. The summed E-state index contributed by atoms with van der Waals surface area (Å²) in [6, 6.07) is 13.8. The van der Waals surface area contributed by atoms with E-state index in [0.717, 1.165) is 5.56 Å². The summed E-state index contributed by atoms with van der Waals surface area (Å²) in [5.74, 6) is -0.523. The number of benzene rings is 2. The molecule has 0 saturated heterocycles. The van der Waals surface area contributed by atoms with Crippen LogP contribution >= 0.6 is 11.6 Å². The van der Waals surface area contributed by atoms with Gasteiger partial charge in [0.05, 0.1) is 17.6 Å². The van der Waals surface area contributed by atoms with Gasteiger partial charge >= 0.3 is 5.97 Å². The zero-order valence-electron chi connectivity index (χ0n) is 13.9. The van der Waals surface area contributed by atoms with Crippen LogP contribution in [0.5, 0.6) is 0 Å². The van der Waals surface area contributed by atoms with Gasteiger partial charge in [-0.2, -0.15) is 0 Å². The molecule has 0 aliphatic carbocycles. The molecule has 24 heavy (non-hydrogen) atoms. The molecule has 1 N–H and O–H groups in total. The topological polar surface area (TPSA) is 55.4 Å². The summed E-state index contributed by atoms with van der Waals surface area (Å²) >= 11 is 5.90. The molecule has 2 aromatic carbocycles. The van der Waals surface area contributed by atoms with Crippen LogP contribution in [0.3, 0.4) is 0 Å². The van der Waals surface area contributed by atoms with Gasteiger partial charge < -0.3 is 10.1 Å². The average molecular weight is 346 g/mol. The molecule has 0 spiro atoms. The average Bonchev–Trinajstić information content (AvgIpc) is 2.56. The van der Waals surface area contributed by atoms with E-state index in [1.54, 1.807) is 43.3 Å². The molecule has 0 aromatic heterocycles. The SMILES string of the molecule is CCOC(=O)c1ccc(NC(=O)C(C)(C)c2ccc(Cl)cc2)cc1. The van der Waals surface area contributed by atoms with Crippen molar-refractivity contribution in [2.45, 2.75) is 26.2 Å². The van der Waals surface area contributed by atoms with Crippen molar-refractivity contribution in [2.75, 3.05) is 11.9 Å². The van der Waals surface area contributed by atoms with Gasteiger partial charge in [0, 0.05) is 10.7 Å². The van der Waals surface area contributed by atoms with Crippen LogP contribution in [0.2, 0.25) is 5.02 Å².